The molecule has 1 atom stereocenters. The van der Waals surface area contributed by atoms with Crippen LogP contribution >= 0.6 is 0 Å². The van der Waals surface area contributed by atoms with Gasteiger partial charge in [0.25, 0.3) is 0 Å². The molecule has 1 aromatic carbocycles. The molecule has 1 saturated heterocycles. The van der Waals surface area contributed by atoms with Crippen LogP contribution in [0.25, 0.3) is 10.8 Å². The fourth-order valence-corrected chi connectivity index (χ4v) is 3.57. The van der Waals surface area contributed by atoms with Crippen LogP contribution in [0.5, 0.6) is 0 Å². The zero-order chi connectivity index (χ0) is 20.3. The third-order valence-corrected chi connectivity index (χ3v) is 4.77. The molecule has 2 heterocycles. The Morgan fingerprint density at radius 2 is 2.04 bits per heavy atom. The molecule has 150 valence electrons. The van der Waals surface area contributed by atoms with Gasteiger partial charge in [0.2, 0.25) is 0 Å². The lowest BCUT2D eigenvalue weighted by Crippen LogP contribution is -2.56. The molecule has 1 aliphatic rings. The van der Waals surface area contributed by atoms with Crippen molar-refractivity contribution in [2.45, 2.75) is 45.4 Å². The van der Waals surface area contributed by atoms with Crippen molar-refractivity contribution in [2.24, 2.45) is 0 Å². The van der Waals surface area contributed by atoms with E-state index in [0.29, 0.717) is 26.2 Å². The summed E-state index contributed by atoms with van der Waals surface area (Å²) in [5.74, 6) is -0.920. The maximum atomic E-state index is 12.5. The van der Waals surface area contributed by atoms with Crippen LogP contribution in [0.1, 0.15) is 32.8 Å². The van der Waals surface area contributed by atoms with Crippen LogP contribution in [0.3, 0.4) is 0 Å². The summed E-state index contributed by atoms with van der Waals surface area (Å²) in [5.41, 5.74) is 0.554. The minimum Gasteiger partial charge on any atom is -0.481 e. The Morgan fingerprint density at radius 3 is 2.75 bits per heavy atom. The summed E-state index contributed by atoms with van der Waals surface area (Å²) < 4.78 is 5.47. The zero-order valence-corrected chi connectivity index (χ0v) is 16.6. The average Bonchev–Trinajstić information content (AvgIpc) is 2.60. The Bertz CT molecular complexity index is 857. The van der Waals surface area contributed by atoms with Gasteiger partial charge in [-0.1, -0.05) is 18.2 Å². The van der Waals surface area contributed by atoms with E-state index in [4.69, 9.17) is 4.74 Å². The van der Waals surface area contributed by atoms with Crippen LogP contribution in [0, 0.1) is 0 Å². The number of carbonyl (C=O) groups is 2. The Kier molecular flexibility index (Phi) is 5.84. The van der Waals surface area contributed by atoms with Crippen molar-refractivity contribution in [3.8, 4) is 0 Å². The number of nitrogens with zero attached hydrogens (tertiary/aromatic N) is 3. The van der Waals surface area contributed by atoms with Crippen LogP contribution in [0.15, 0.2) is 36.7 Å². The topological polar surface area (TPSA) is 83.0 Å². The van der Waals surface area contributed by atoms with Crippen molar-refractivity contribution in [2.75, 3.05) is 19.6 Å². The minimum atomic E-state index is -0.920. The number of carboxylic acid groups (broad SMARTS) is 1. The highest BCUT2D eigenvalue weighted by Gasteiger charge is 2.34. The molecule has 0 saturated carbocycles. The predicted molar refractivity (Wildman–Crippen MR) is 106 cm³/mol. The molecule has 1 aromatic heterocycles. The number of benzene rings is 1. The molecular formula is C21H27N3O4. The van der Waals surface area contributed by atoms with E-state index in [-0.39, 0.29) is 6.42 Å². The number of piperazine rings is 1. The van der Waals surface area contributed by atoms with Crippen LogP contribution < -0.4 is 0 Å². The maximum Gasteiger partial charge on any atom is 0.410 e. The van der Waals surface area contributed by atoms with Gasteiger partial charge >= 0.3 is 12.1 Å². The first kappa shape index (κ1) is 20.1. The summed E-state index contributed by atoms with van der Waals surface area (Å²) in [6.07, 6.45) is 3.07. The molecule has 7 heteroatoms. The molecule has 28 heavy (non-hydrogen) atoms. The summed E-state index contributed by atoms with van der Waals surface area (Å²) >= 11 is 0. The molecule has 1 N–H and O–H groups in total. The second kappa shape index (κ2) is 8.14. The lowest BCUT2D eigenvalue weighted by atomic mass is 10.0. The average molecular weight is 385 g/mol. The number of ether oxygens (including phenoxy) is 1. The van der Waals surface area contributed by atoms with E-state index in [1.54, 1.807) is 11.1 Å². The molecule has 7 nitrogen and oxygen atoms in total. The van der Waals surface area contributed by atoms with Crippen LogP contribution in [0.4, 0.5) is 4.79 Å². The Labute approximate surface area is 164 Å². The van der Waals surface area contributed by atoms with E-state index < -0.39 is 23.7 Å². The molecule has 1 unspecified atom stereocenters. The normalized spacial score (nSPS) is 18.2. The number of hydrogen-bond donors (Lipinski definition) is 1. The first-order valence-corrected chi connectivity index (χ1v) is 9.48. The fraction of sp³-hybridized carbons (Fsp3) is 0.476. The number of rotatable bonds is 4. The number of aliphatic carboxylic acids is 1. The first-order valence-electron chi connectivity index (χ1n) is 9.48. The van der Waals surface area contributed by atoms with Gasteiger partial charge in [-0.2, -0.15) is 0 Å². The highest BCUT2D eigenvalue weighted by Crippen LogP contribution is 2.23. The fourth-order valence-electron chi connectivity index (χ4n) is 3.57. The van der Waals surface area contributed by atoms with Gasteiger partial charge in [0.15, 0.2) is 0 Å². The number of amides is 1. The summed E-state index contributed by atoms with van der Waals surface area (Å²) in [6, 6.07) is 7.69. The number of carboxylic acids is 1. The van der Waals surface area contributed by atoms with Gasteiger partial charge in [0, 0.05) is 44.0 Å². The van der Waals surface area contributed by atoms with Crippen molar-refractivity contribution in [1.29, 1.82) is 0 Å². The molecule has 2 aromatic rings. The predicted octanol–water partition coefficient (Wildman–Crippen LogP) is 3.13. The molecule has 1 fully saturated rings. The second-order valence-corrected chi connectivity index (χ2v) is 8.17. The molecule has 3 rings (SSSR count). The molecule has 0 spiro atoms. The molecule has 0 aliphatic carbocycles. The van der Waals surface area contributed by atoms with E-state index in [1.165, 1.54) is 5.56 Å². The summed E-state index contributed by atoms with van der Waals surface area (Å²) in [7, 11) is 0. The maximum absolute atomic E-state index is 12.5. The Balaban J connectivity index is 1.75. The highest BCUT2D eigenvalue weighted by atomic mass is 16.6. The Hall–Kier alpha value is -2.67. The molecule has 0 bridgehead atoms. The van der Waals surface area contributed by atoms with E-state index in [0.717, 1.165) is 10.8 Å². The molecular weight excluding hydrogens is 358 g/mol. The standard InChI is InChI=1S/C21H27N3O4/c1-21(2,3)28-20(27)24-10-9-23(14-17(24)11-19(25)26)13-16-6-4-5-15-12-22-8-7-18(15)16/h4-8,12,17H,9-11,13-14H2,1-3H3,(H,25,26). The van der Waals surface area contributed by atoms with E-state index in [2.05, 4.69) is 16.0 Å². The SMILES string of the molecule is CC(C)(C)OC(=O)N1CCN(Cc2cccc3cnccc23)CC1CC(=O)O. The first-order chi connectivity index (χ1) is 13.2. The van der Waals surface area contributed by atoms with Crippen LogP contribution in [-0.4, -0.2) is 63.2 Å². The third kappa shape index (κ3) is 4.98. The van der Waals surface area contributed by atoms with Gasteiger partial charge in [0.1, 0.15) is 5.60 Å². The number of pyridine rings is 1. The van der Waals surface area contributed by atoms with Crippen molar-refractivity contribution < 1.29 is 19.4 Å². The molecule has 1 aliphatic heterocycles. The summed E-state index contributed by atoms with van der Waals surface area (Å²) in [5, 5.41) is 11.5. The van der Waals surface area contributed by atoms with Crippen molar-refractivity contribution in [1.82, 2.24) is 14.8 Å². The largest absolute Gasteiger partial charge is 0.481 e. The molecule has 0 radical (unpaired) electrons. The zero-order valence-electron chi connectivity index (χ0n) is 16.6. The monoisotopic (exact) mass is 385 g/mol. The van der Waals surface area contributed by atoms with E-state index in [9.17, 15) is 14.7 Å². The summed E-state index contributed by atoms with van der Waals surface area (Å²) in [4.78, 5) is 31.8. The number of carbonyl (C=O) groups excluding carboxylic acids is 1. The van der Waals surface area contributed by atoms with Crippen molar-refractivity contribution >= 4 is 22.8 Å². The van der Waals surface area contributed by atoms with Gasteiger partial charge in [0.05, 0.1) is 12.5 Å². The third-order valence-electron chi connectivity index (χ3n) is 4.77. The van der Waals surface area contributed by atoms with E-state index in [1.807, 2.05) is 45.2 Å². The second-order valence-electron chi connectivity index (χ2n) is 8.17. The lowest BCUT2D eigenvalue weighted by Gasteiger charge is -2.41. The van der Waals surface area contributed by atoms with Gasteiger partial charge in [-0.15, -0.1) is 0 Å². The van der Waals surface area contributed by atoms with Crippen molar-refractivity contribution in [3.63, 3.8) is 0 Å². The minimum absolute atomic E-state index is 0.102. The van der Waals surface area contributed by atoms with Gasteiger partial charge in [-0.05, 0) is 37.8 Å². The Morgan fingerprint density at radius 1 is 1.25 bits per heavy atom. The van der Waals surface area contributed by atoms with Gasteiger partial charge in [-0.25, -0.2) is 4.79 Å². The smallest absolute Gasteiger partial charge is 0.410 e. The van der Waals surface area contributed by atoms with Gasteiger partial charge < -0.3 is 14.7 Å². The van der Waals surface area contributed by atoms with Crippen molar-refractivity contribution in [3.05, 3.63) is 42.2 Å². The number of aromatic nitrogens is 1. The van der Waals surface area contributed by atoms with E-state index >= 15 is 0 Å². The quantitative estimate of drug-likeness (QED) is 0.871. The van der Waals surface area contributed by atoms with Gasteiger partial charge in [-0.3, -0.25) is 14.7 Å². The molecule has 1 amide bonds. The van der Waals surface area contributed by atoms with Crippen LogP contribution in [0.2, 0.25) is 0 Å². The van der Waals surface area contributed by atoms with Crippen LogP contribution in [-0.2, 0) is 16.1 Å². The highest BCUT2D eigenvalue weighted by molar-refractivity contribution is 5.84. The lowest BCUT2D eigenvalue weighted by molar-refractivity contribution is -0.138. The number of fused-ring (bicyclic) bond motifs is 1. The number of hydrogen-bond acceptors (Lipinski definition) is 5. The summed E-state index contributed by atoms with van der Waals surface area (Å²) in [6.45, 7) is 7.72.